The second-order valence-corrected chi connectivity index (χ2v) is 5.31. The lowest BCUT2D eigenvalue weighted by Crippen LogP contribution is -2.47. The van der Waals surface area contributed by atoms with Crippen LogP contribution in [0.15, 0.2) is 18.2 Å². The van der Waals surface area contributed by atoms with Gasteiger partial charge in [-0.05, 0) is 31.9 Å². The van der Waals surface area contributed by atoms with Crippen molar-refractivity contribution in [1.82, 2.24) is 16.0 Å². The molecule has 7 nitrogen and oxygen atoms in total. The highest BCUT2D eigenvalue weighted by Crippen LogP contribution is 2.18. The van der Waals surface area contributed by atoms with E-state index in [0.29, 0.717) is 0 Å². The van der Waals surface area contributed by atoms with E-state index in [1.807, 2.05) is 32.0 Å². The molecule has 0 aliphatic heterocycles. The van der Waals surface area contributed by atoms with Crippen LogP contribution in [0.2, 0.25) is 0 Å². The molecule has 0 aliphatic rings. The van der Waals surface area contributed by atoms with E-state index in [2.05, 4.69) is 21.3 Å². The number of carbonyl (C=O) groups is 3. The van der Waals surface area contributed by atoms with Crippen LogP contribution in [0, 0.1) is 13.8 Å². The first-order valence-electron chi connectivity index (χ1n) is 7.43. The molecule has 0 unspecified atom stereocenters. The molecule has 3 amide bonds. The zero-order chi connectivity index (χ0) is 17.4. The lowest BCUT2D eigenvalue weighted by Gasteiger charge is -2.14. The topological polar surface area (TPSA) is 99.3 Å². The van der Waals surface area contributed by atoms with Gasteiger partial charge in [-0.15, -0.1) is 0 Å². The quantitative estimate of drug-likeness (QED) is 0.572. The minimum atomic E-state index is -0.569. The number of para-hydroxylation sites is 1. The Morgan fingerprint density at radius 3 is 2.22 bits per heavy atom. The van der Waals surface area contributed by atoms with E-state index in [1.165, 1.54) is 7.05 Å². The number of hydrogen-bond acceptors (Lipinski definition) is 4. The molecule has 4 N–H and O–H groups in total. The van der Waals surface area contributed by atoms with E-state index >= 15 is 0 Å². The predicted molar refractivity (Wildman–Crippen MR) is 89.1 cm³/mol. The first-order chi connectivity index (χ1) is 10.8. The van der Waals surface area contributed by atoms with Gasteiger partial charge in [0.05, 0.1) is 19.1 Å². The average molecular weight is 320 g/mol. The van der Waals surface area contributed by atoms with Crippen LogP contribution in [0.3, 0.4) is 0 Å². The predicted octanol–water partition coefficient (Wildman–Crippen LogP) is 0.0822. The summed E-state index contributed by atoms with van der Waals surface area (Å²) in [6.45, 7) is 5.36. The summed E-state index contributed by atoms with van der Waals surface area (Å²) in [7, 11) is 1.52. The molecule has 126 valence electrons. The van der Waals surface area contributed by atoms with E-state index in [4.69, 9.17) is 0 Å². The maximum atomic E-state index is 11.9. The number of nitrogens with one attached hydrogen (secondary N) is 4. The number of hydrogen-bond donors (Lipinski definition) is 4. The van der Waals surface area contributed by atoms with Gasteiger partial charge < -0.3 is 16.0 Å². The molecule has 23 heavy (non-hydrogen) atoms. The standard InChI is InChI=1S/C16H24N4O3/c1-10-6-5-7-11(2)15(10)20-14(22)9-19-16(23)12(3)18-8-13(21)17-4/h5-7,12,18H,8-9H2,1-4H3,(H,17,21)(H,19,23)(H,20,22)/t12-/m1/s1. The maximum Gasteiger partial charge on any atom is 0.243 e. The van der Waals surface area contributed by atoms with Gasteiger partial charge in [-0.3, -0.25) is 19.7 Å². The van der Waals surface area contributed by atoms with Gasteiger partial charge in [0.15, 0.2) is 0 Å². The van der Waals surface area contributed by atoms with Gasteiger partial charge in [0.2, 0.25) is 17.7 Å². The Kier molecular flexibility index (Phi) is 7.21. The van der Waals surface area contributed by atoms with Gasteiger partial charge in [-0.1, -0.05) is 18.2 Å². The minimum Gasteiger partial charge on any atom is -0.358 e. The molecule has 0 bridgehead atoms. The Hall–Kier alpha value is -2.41. The van der Waals surface area contributed by atoms with Crippen LogP contribution in [-0.4, -0.2) is 43.9 Å². The van der Waals surface area contributed by atoms with Gasteiger partial charge in [-0.2, -0.15) is 0 Å². The number of rotatable bonds is 7. The monoisotopic (exact) mass is 320 g/mol. The van der Waals surface area contributed by atoms with Gasteiger partial charge >= 0.3 is 0 Å². The molecule has 1 rings (SSSR count). The number of amides is 3. The first kappa shape index (κ1) is 18.6. The molecule has 1 aromatic rings. The summed E-state index contributed by atoms with van der Waals surface area (Å²) in [5, 5.41) is 10.6. The zero-order valence-corrected chi connectivity index (χ0v) is 13.9. The highest BCUT2D eigenvalue weighted by atomic mass is 16.2. The summed E-state index contributed by atoms with van der Waals surface area (Å²) in [5.41, 5.74) is 2.69. The highest BCUT2D eigenvalue weighted by molar-refractivity contribution is 5.96. The van der Waals surface area contributed by atoms with Crippen LogP contribution < -0.4 is 21.3 Å². The van der Waals surface area contributed by atoms with Crippen molar-refractivity contribution in [2.24, 2.45) is 0 Å². The van der Waals surface area contributed by atoms with Crippen LogP contribution in [0.25, 0.3) is 0 Å². The lowest BCUT2D eigenvalue weighted by atomic mass is 10.1. The minimum absolute atomic E-state index is 0.0414. The normalized spacial score (nSPS) is 11.5. The Morgan fingerprint density at radius 1 is 1.04 bits per heavy atom. The van der Waals surface area contributed by atoms with Crippen LogP contribution >= 0.6 is 0 Å². The van der Waals surface area contributed by atoms with Gasteiger partial charge in [0.25, 0.3) is 0 Å². The maximum absolute atomic E-state index is 11.9. The summed E-state index contributed by atoms with van der Waals surface area (Å²) in [4.78, 5) is 34.9. The SMILES string of the molecule is CNC(=O)CN[C@H](C)C(=O)NCC(=O)Nc1c(C)cccc1C. The van der Waals surface area contributed by atoms with E-state index in [9.17, 15) is 14.4 Å². The van der Waals surface area contributed by atoms with Crippen molar-refractivity contribution in [3.63, 3.8) is 0 Å². The van der Waals surface area contributed by atoms with E-state index in [1.54, 1.807) is 6.92 Å². The molecule has 7 heteroatoms. The fourth-order valence-electron chi connectivity index (χ4n) is 1.94. The molecule has 0 saturated heterocycles. The van der Waals surface area contributed by atoms with Crippen molar-refractivity contribution < 1.29 is 14.4 Å². The van der Waals surface area contributed by atoms with E-state index in [0.717, 1.165) is 16.8 Å². The summed E-state index contributed by atoms with van der Waals surface area (Å²) < 4.78 is 0. The van der Waals surface area contributed by atoms with Crippen LogP contribution in [0.4, 0.5) is 5.69 Å². The molecule has 0 spiro atoms. The molecule has 0 radical (unpaired) electrons. The largest absolute Gasteiger partial charge is 0.358 e. The second kappa shape index (κ2) is 8.89. The molecule has 0 saturated carbocycles. The number of likely N-dealkylation sites (N-methyl/N-ethyl adjacent to an activating group) is 1. The van der Waals surface area contributed by atoms with Crippen LogP contribution in [-0.2, 0) is 14.4 Å². The summed E-state index contributed by atoms with van der Waals surface area (Å²) in [6.07, 6.45) is 0. The van der Waals surface area contributed by atoms with Crippen molar-refractivity contribution >= 4 is 23.4 Å². The molecule has 0 aliphatic carbocycles. The van der Waals surface area contributed by atoms with E-state index < -0.39 is 6.04 Å². The summed E-state index contributed by atoms with van der Waals surface area (Å²) in [6, 6.07) is 5.17. The van der Waals surface area contributed by atoms with Gasteiger partial charge in [0.1, 0.15) is 0 Å². The third-order valence-corrected chi connectivity index (χ3v) is 3.41. The number of benzene rings is 1. The zero-order valence-electron chi connectivity index (χ0n) is 13.9. The van der Waals surface area contributed by atoms with Crippen LogP contribution in [0.1, 0.15) is 18.1 Å². The molecular formula is C16H24N4O3. The number of carbonyl (C=O) groups excluding carboxylic acids is 3. The van der Waals surface area contributed by atoms with Gasteiger partial charge in [0, 0.05) is 12.7 Å². The van der Waals surface area contributed by atoms with Crippen molar-refractivity contribution in [3.05, 3.63) is 29.3 Å². The summed E-state index contributed by atoms with van der Waals surface area (Å²) >= 11 is 0. The van der Waals surface area contributed by atoms with Crippen molar-refractivity contribution in [2.45, 2.75) is 26.8 Å². The molecule has 0 heterocycles. The van der Waals surface area contributed by atoms with Crippen molar-refractivity contribution in [2.75, 3.05) is 25.5 Å². The first-order valence-corrected chi connectivity index (χ1v) is 7.43. The van der Waals surface area contributed by atoms with Crippen molar-refractivity contribution in [1.29, 1.82) is 0 Å². The average Bonchev–Trinajstić information content (AvgIpc) is 2.53. The van der Waals surface area contributed by atoms with Gasteiger partial charge in [-0.25, -0.2) is 0 Å². The van der Waals surface area contributed by atoms with Crippen LogP contribution in [0.5, 0.6) is 0 Å². The number of aryl methyl sites for hydroxylation is 2. The Bertz CT molecular complexity index is 566. The third kappa shape index (κ3) is 6.07. The molecular weight excluding hydrogens is 296 g/mol. The Labute approximate surface area is 136 Å². The third-order valence-electron chi connectivity index (χ3n) is 3.41. The fraction of sp³-hybridized carbons (Fsp3) is 0.438. The smallest absolute Gasteiger partial charge is 0.243 e. The van der Waals surface area contributed by atoms with Crippen molar-refractivity contribution in [3.8, 4) is 0 Å². The fourth-order valence-corrected chi connectivity index (χ4v) is 1.94. The summed E-state index contributed by atoms with van der Waals surface area (Å²) in [5.74, 6) is -0.850. The molecule has 0 fully saturated rings. The molecule has 1 atom stereocenters. The number of anilines is 1. The Balaban J connectivity index is 2.43. The second-order valence-electron chi connectivity index (χ2n) is 5.31. The lowest BCUT2D eigenvalue weighted by molar-refractivity contribution is -0.125. The Morgan fingerprint density at radius 2 is 1.65 bits per heavy atom. The molecule has 1 aromatic carbocycles. The van der Waals surface area contributed by atoms with E-state index in [-0.39, 0.29) is 30.8 Å². The molecule has 0 aromatic heterocycles. The highest BCUT2D eigenvalue weighted by Gasteiger charge is 2.15.